The molecule has 0 aromatic carbocycles. The Bertz CT molecular complexity index is 425. The maximum Gasteiger partial charge on any atom is 0.188 e. The molecule has 8 heteroatoms. The van der Waals surface area contributed by atoms with Crippen molar-refractivity contribution >= 4 is 0 Å². The van der Waals surface area contributed by atoms with Gasteiger partial charge in [0.05, 0.1) is 12.7 Å². The van der Waals surface area contributed by atoms with E-state index in [0.717, 1.165) is 0 Å². The molecule has 4 N–H and O–H groups in total. The second kappa shape index (κ2) is 4.89. The lowest BCUT2D eigenvalue weighted by atomic mass is 9.98. The van der Waals surface area contributed by atoms with Gasteiger partial charge in [-0.15, -0.1) is 0 Å². The second-order valence-corrected chi connectivity index (χ2v) is 5.45. The van der Waals surface area contributed by atoms with Crippen LogP contribution in [0.15, 0.2) is 0 Å². The average molecular weight is 287 g/mol. The van der Waals surface area contributed by atoms with Crippen LogP contribution in [0.4, 0.5) is 0 Å². The zero-order valence-corrected chi connectivity index (χ0v) is 10.6. The zero-order valence-electron chi connectivity index (χ0n) is 10.6. The predicted octanol–water partition coefficient (Wildman–Crippen LogP) is -2.37. The van der Waals surface area contributed by atoms with Gasteiger partial charge in [0.25, 0.3) is 0 Å². The van der Waals surface area contributed by atoms with Gasteiger partial charge in [0.2, 0.25) is 0 Å². The first-order valence-corrected chi connectivity index (χ1v) is 6.57. The third-order valence-electron chi connectivity index (χ3n) is 4.21. The van der Waals surface area contributed by atoms with Gasteiger partial charge in [-0.05, 0) is 12.8 Å². The molecule has 8 atom stereocenters. The summed E-state index contributed by atoms with van der Waals surface area (Å²) in [5.41, 5.74) is -1.21. The number of hydrogen-bond acceptors (Lipinski definition) is 8. The minimum Gasteiger partial charge on any atom is -0.394 e. The number of rotatable bonds is 3. The van der Waals surface area contributed by atoms with Crippen molar-refractivity contribution in [2.45, 2.75) is 61.4 Å². The van der Waals surface area contributed by atoms with Crippen LogP contribution in [0.1, 0.15) is 12.8 Å². The third-order valence-corrected chi connectivity index (χ3v) is 4.21. The third kappa shape index (κ3) is 2.03. The normalized spacial score (nSPS) is 54.2. The van der Waals surface area contributed by atoms with Crippen LogP contribution in [0.25, 0.3) is 0 Å². The molecule has 0 radical (unpaired) electrons. The summed E-state index contributed by atoms with van der Waals surface area (Å²) >= 11 is 0. The lowest BCUT2D eigenvalue weighted by Gasteiger charge is -2.41. The summed E-state index contributed by atoms with van der Waals surface area (Å²) in [6.45, 7) is -0.535. The van der Waals surface area contributed by atoms with Crippen LogP contribution in [0, 0.1) is 11.3 Å². The van der Waals surface area contributed by atoms with E-state index in [4.69, 9.17) is 19.3 Å². The first-order chi connectivity index (χ1) is 9.52. The molecule has 2 heterocycles. The maximum absolute atomic E-state index is 9.90. The Morgan fingerprint density at radius 1 is 1.20 bits per heavy atom. The van der Waals surface area contributed by atoms with E-state index in [2.05, 4.69) is 6.07 Å². The monoisotopic (exact) mass is 287 g/mol. The standard InChI is InChI=1S/C12H17NO7/c13-4-12(2-1-5-10(12)18-5)20-11-9(17)8(16)7(15)6(3-14)19-11/h5-11,14-17H,1-3H2/t5-,6+,7+,8-,9+,10-,11-,12-/m0/s1. The van der Waals surface area contributed by atoms with Crippen molar-refractivity contribution in [1.82, 2.24) is 0 Å². The highest BCUT2D eigenvalue weighted by Crippen LogP contribution is 2.48. The number of hydrogen-bond donors (Lipinski definition) is 4. The molecule has 0 amide bonds. The quantitative estimate of drug-likeness (QED) is 0.423. The lowest BCUT2D eigenvalue weighted by molar-refractivity contribution is -0.321. The largest absolute Gasteiger partial charge is 0.394 e. The van der Waals surface area contributed by atoms with Crippen molar-refractivity contribution in [3.05, 3.63) is 0 Å². The Balaban J connectivity index is 1.74. The molecule has 0 aromatic rings. The molecule has 3 aliphatic rings. The summed E-state index contributed by atoms with van der Waals surface area (Å²) in [7, 11) is 0. The summed E-state index contributed by atoms with van der Waals surface area (Å²) in [4.78, 5) is 0. The SMILES string of the molecule is N#C[C@@]1(O[C@@H]2O[C@H](CO)[C@@H](O)[C@H](O)[C@H]2O)CC[C@@H]2O[C@@H]21. The average Bonchev–Trinajstić information content (AvgIpc) is 3.17. The smallest absolute Gasteiger partial charge is 0.188 e. The van der Waals surface area contributed by atoms with Crippen LogP contribution in [0.2, 0.25) is 0 Å². The molecule has 2 saturated heterocycles. The molecule has 1 aliphatic carbocycles. The Labute approximate surface area is 115 Å². The van der Waals surface area contributed by atoms with Gasteiger partial charge in [-0.25, -0.2) is 0 Å². The van der Waals surface area contributed by atoms with Crippen LogP contribution in [-0.4, -0.2) is 75.5 Å². The molecular formula is C12H17NO7. The van der Waals surface area contributed by atoms with E-state index >= 15 is 0 Å². The lowest BCUT2D eigenvalue weighted by Crippen LogP contribution is -2.61. The number of fused-ring (bicyclic) bond motifs is 1. The molecule has 3 fully saturated rings. The summed E-state index contributed by atoms with van der Waals surface area (Å²) in [5.74, 6) is 0. The molecular weight excluding hydrogens is 270 g/mol. The number of nitriles is 1. The van der Waals surface area contributed by atoms with E-state index in [1.54, 1.807) is 0 Å². The Morgan fingerprint density at radius 2 is 1.95 bits per heavy atom. The van der Waals surface area contributed by atoms with Crippen molar-refractivity contribution in [2.75, 3.05) is 6.61 Å². The van der Waals surface area contributed by atoms with Gasteiger partial charge in [-0.1, -0.05) is 0 Å². The molecule has 0 spiro atoms. The molecule has 0 unspecified atom stereocenters. The van der Waals surface area contributed by atoms with Crippen LogP contribution in [0.5, 0.6) is 0 Å². The molecule has 112 valence electrons. The van der Waals surface area contributed by atoms with E-state index < -0.39 is 42.9 Å². The fraction of sp³-hybridized carbons (Fsp3) is 0.917. The van der Waals surface area contributed by atoms with Gasteiger partial charge in [-0.2, -0.15) is 5.26 Å². The highest BCUT2D eigenvalue weighted by Gasteiger charge is 2.63. The zero-order chi connectivity index (χ0) is 14.5. The summed E-state index contributed by atoms with van der Waals surface area (Å²) < 4.78 is 16.1. The summed E-state index contributed by atoms with van der Waals surface area (Å²) in [5, 5.41) is 47.7. The van der Waals surface area contributed by atoms with E-state index in [0.29, 0.717) is 12.8 Å². The van der Waals surface area contributed by atoms with Crippen LogP contribution in [0.3, 0.4) is 0 Å². The molecule has 1 saturated carbocycles. The topological polar surface area (TPSA) is 136 Å². The Morgan fingerprint density at radius 3 is 2.45 bits per heavy atom. The Hall–Kier alpha value is -0.790. The molecule has 0 bridgehead atoms. The highest BCUT2D eigenvalue weighted by atomic mass is 16.7. The van der Waals surface area contributed by atoms with Gasteiger partial charge in [0.15, 0.2) is 11.9 Å². The predicted molar refractivity (Wildman–Crippen MR) is 61.1 cm³/mol. The number of ether oxygens (including phenoxy) is 3. The fourth-order valence-electron chi connectivity index (χ4n) is 2.92. The number of nitrogens with zero attached hydrogens (tertiary/aromatic N) is 1. The van der Waals surface area contributed by atoms with Gasteiger partial charge in [0.1, 0.15) is 36.6 Å². The van der Waals surface area contributed by atoms with Gasteiger partial charge < -0.3 is 34.6 Å². The van der Waals surface area contributed by atoms with Crippen molar-refractivity contribution in [3.8, 4) is 6.07 Å². The van der Waals surface area contributed by atoms with E-state index in [1.165, 1.54) is 0 Å². The minimum atomic E-state index is -1.51. The number of epoxide rings is 1. The Kier molecular flexibility index (Phi) is 3.46. The van der Waals surface area contributed by atoms with E-state index in [1.807, 2.05) is 0 Å². The fourth-order valence-corrected chi connectivity index (χ4v) is 2.92. The first-order valence-electron chi connectivity index (χ1n) is 6.57. The maximum atomic E-state index is 9.90. The summed E-state index contributed by atoms with van der Waals surface area (Å²) in [6.07, 6.45) is -6.01. The molecule has 2 aliphatic heterocycles. The van der Waals surface area contributed by atoms with Crippen LogP contribution < -0.4 is 0 Å². The van der Waals surface area contributed by atoms with Gasteiger partial charge in [0, 0.05) is 0 Å². The van der Waals surface area contributed by atoms with Crippen molar-refractivity contribution in [2.24, 2.45) is 0 Å². The number of aliphatic hydroxyl groups excluding tert-OH is 4. The molecule has 20 heavy (non-hydrogen) atoms. The first kappa shape index (κ1) is 14.2. The van der Waals surface area contributed by atoms with Crippen molar-refractivity contribution < 1.29 is 34.6 Å². The molecule has 8 nitrogen and oxygen atoms in total. The van der Waals surface area contributed by atoms with Crippen LogP contribution in [-0.2, 0) is 14.2 Å². The minimum absolute atomic E-state index is 0.000430. The van der Waals surface area contributed by atoms with E-state index in [9.17, 15) is 20.6 Å². The van der Waals surface area contributed by atoms with Crippen molar-refractivity contribution in [1.29, 1.82) is 5.26 Å². The van der Waals surface area contributed by atoms with Crippen molar-refractivity contribution in [3.63, 3.8) is 0 Å². The van der Waals surface area contributed by atoms with Crippen LogP contribution >= 0.6 is 0 Å². The molecule has 0 aromatic heterocycles. The van der Waals surface area contributed by atoms with E-state index in [-0.39, 0.29) is 12.2 Å². The second-order valence-electron chi connectivity index (χ2n) is 5.45. The summed E-state index contributed by atoms with van der Waals surface area (Å²) in [6, 6.07) is 2.05. The van der Waals surface area contributed by atoms with Gasteiger partial charge >= 0.3 is 0 Å². The molecule has 3 rings (SSSR count). The highest BCUT2D eigenvalue weighted by molar-refractivity contribution is 5.20. The van der Waals surface area contributed by atoms with Gasteiger partial charge in [-0.3, -0.25) is 0 Å². The number of aliphatic hydroxyl groups is 4.